The van der Waals surface area contributed by atoms with E-state index in [1.807, 2.05) is 18.3 Å². The topological polar surface area (TPSA) is 71.0 Å². The van der Waals surface area contributed by atoms with Crippen molar-refractivity contribution in [2.24, 2.45) is 4.99 Å². The summed E-state index contributed by atoms with van der Waals surface area (Å²) in [4.78, 5) is 12.3. The standard InChI is InChI=1S/C23H35N5O2S/c1-18-16-26-22(31-18)7-10-25-23(24-2)27-17-19-5-4-6-21(15-19)30-14-11-28(3)20-8-12-29-13-9-20/h4-6,15-16,20H,7-14,17H2,1-3H3,(H2,24,25,27). The van der Waals surface area contributed by atoms with E-state index in [-0.39, 0.29) is 0 Å². The lowest BCUT2D eigenvalue weighted by Crippen LogP contribution is -2.38. The number of aromatic nitrogens is 1. The fourth-order valence-electron chi connectivity index (χ4n) is 3.57. The monoisotopic (exact) mass is 445 g/mol. The SMILES string of the molecule is CN=C(NCCc1ncc(C)s1)NCc1cccc(OCCN(C)C2CCOCC2)c1. The molecule has 1 aromatic carbocycles. The van der Waals surface area contributed by atoms with Crippen LogP contribution in [0.25, 0.3) is 0 Å². The van der Waals surface area contributed by atoms with Gasteiger partial charge in [-0.3, -0.25) is 9.89 Å². The molecule has 0 saturated carbocycles. The summed E-state index contributed by atoms with van der Waals surface area (Å²) in [6.45, 7) is 6.91. The van der Waals surface area contributed by atoms with Crippen molar-refractivity contribution in [2.45, 2.75) is 38.8 Å². The Morgan fingerprint density at radius 2 is 2.16 bits per heavy atom. The van der Waals surface area contributed by atoms with Crippen LogP contribution < -0.4 is 15.4 Å². The minimum absolute atomic E-state index is 0.603. The molecule has 0 radical (unpaired) electrons. The van der Waals surface area contributed by atoms with Crippen LogP contribution in [-0.2, 0) is 17.7 Å². The van der Waals surface area contributed by atoms with Gasteiger partial charge in [0.2, 0.25) is 0 Å². The van der Waals surface area contributed by atoms with E-state index in [1.165, 1.54) is 4.88 Å². The Balaban J connectivity index is 1.37. The minimum Gasteiger partial charge on any atom is -0.492 e. The lowest BCUT2D eigenvalue weighted by atomic mass is 10.1. The number of benzene rings is 1. The lowest BCUT2D eigenvalue weighted by molar-refractivity contribution is 0.0392. The number of ether oxygens (including phenoxy) is 2. The van der Waals surface area contributed by atoms with Gasteiger partial charge in [0, 0.05) is 63.4 Å². The number of aryl methyl sites for hydroxylation is 1. The van der Waals surface area contributed by atoms with Crippen molar-refractivity contribution >= 4 is 17.3 Å². The highest BCUT2D eigenvalue weighted by Gasteiger charge is 2.17. The summed E-state index contributed by atoms with van der Waals surface area (Å²) in [6, 6.07) is 8.84. The first-order valence-electron chi connectivity index (χ1n) is 11.0. The average molecular weight is 446 g/mol. The molecule has 7 nitrogen and oxygen atoms in total. The van der Waals surface area contributed by atoms with Crippen molar-refractivity contribution in [3.05, 3.63) is 45.9 Å². The third-order valence-electron chi connectivity index (χ3n) is 5.41. The van der Waals surface area contributed by atoms with Crippen LogP contribution in [0.1, 0.15) is 28.3 Å². The molecule has 0 amide bonds. The van der Waals surface area contributed by atoms with E-state index >= 15 is 0 Å². The molecule has 1 aromatic heterocycles. The average Bonchev–Trinajstić information content (AvgIpc) is 3.22. The van der Waals surface area contributed by atoms with Gasteiger partial charge in [-0.15, -0.1) is 11.3 Å². The van der Waals surface area contributed by atoms with Gasteiger partial charge >= 0.3 is 0 Å². The van der Waals surface area contributed by atoms with Gasteiger partial charge in [0.1, 0.15) is 12.4 Å². The normalized spacial score (nSPS) is 15.3. The Morgan fingerprint density at radius 3 is 2.90 bits per heavy atom. The second-order valence-electron chi connectivity index (χ2n) is 7.79. The van der Waals surface area contributed by atoms with E-state index in [0.29, 0.717) is 19.2 Å². The maximum atomic E-state index is 6.00. The fraction of sp³-hybridized carbons (Fsp3) is 0.565. The molecular weight excluding hydrogens is 410 g/mol. The Bertz CT molecular complexity index is 820. The van der Waals surface area contributed by atoms with Crippen LogP contribution >= 0.6 is 11.3 Å². The van der Waals surface area contributed by atoms with Crippen LogP contribution in [-0.4, -0.2) is 68.9 Å². The van der Waals surface area contributed by atoms with Gasteiger partial charge in [-0.1, -0.05) is 12.1 Å². The smallest absolute Gasteiger partial charge is 0.191 e. The van der Waals surface area contributed by atoms with Crippen LogP contribution in [0, 0.1) is 6.92 Å². The quantitative estimate of drug-likeness (QED) is 0.433. The zero-order valence-electron chi connectivity index (χ0n) is 18.9. The van der Waals surface area contributed by atoms with Gasteiger partial charge in [-0.05, 0) is 44.5 Å². The maximum absolute atomic E-state index is 6.00. The number of thiazole rings is 1. The highest BCUT2D eigenvalue weighted by atomic mass is 32.1. The Labute approximate surface area is 189 Å². The van der Waals surface area contributed by atoms with Gasteiger partial charge in [0.15, 0.2) is 5.96 Å². The molecule has 3 rings (SSSR count). The van der Waals surface area contributed by atoms with Crippen molar-refractivity contribution in [1.29, 1.82) is 0 Å². The molecule has 0 atom stereocenters. The summed E-state index contributed by atoms with van der Waals surface area (Å²) in [6.07, 6.45) is 5.03. The summed E-state index contributed by atoms with van der Waals surface area (Å²) >= 11 is 1.74. The summed E-state index contributed by atoms with van der Waals surface area (Å²) in [5, 5.41) is 7.86. The fourth-order valence-corrected chi connectivity index (χ4v) is 4.36. The summed E-state index contributed by atoms with van der Waals surface area (Å²) < 4.78 is 11.5. The van der Waals surface area contributed by atoms with E-state index in [0.717, 1.165) is 67.8 Å². The van der Waals surface area contributed by atoms with E-state index in [4.69, 9.17) is 9.47 Å². The van der Waals surface area contributed by atoms with Crippen LogP contribution in [0.3, 0.4) is 0 Å². The molecule has 1 aliphatic rings. The molecule has 2 heterocycles. The third kappa shape index (κ3) is 8.12. The molecular formula is C23H35N5O2S. The molecule has 170 valence electrons. The molecule has 2 N–H and O–H groups in total. The first kappa shape index (κ1) is 23.5. The molecule has 1 fully saturated rings. The van der Waals surface area contributed by atoms with Crippen LogP contribution in [0.4, 0.5) is 0 Å². The van der Waals surface area contributed by atoms with Gasteiger partial charge in [0.05, 0.1) is 5.01 Å². The highest BCUT2D eigenvalue weighted by Crippen LogP contribution is 2.15. The van der Waals surface area contributed by atoms with Gasteiger partial charge < -0.3 is 20.1 Å². The Morgan fingerprint density at radius 1 is 1.32 bits per heavy atom. The number of guanidine groups is 1. The molecule has 0 unspecified atom stereocenters. The number of aliphatic imine (C=N–C) groups is 1. The van der Waals surface area contributed by atoms with E-state index in [2.05, 4.69) is 51.6 Å². The number of nitrogens with one attached hydrogen (secondary N) is 2. The maximum Gasteiger partial charge on any atom is 0.191 e. The van der Waals surface area contributed by atoms with Crippen molar-refractivity contribution in [2.75, 3.05) is 47.0 Å². The van der Waals surface area contributed by atoms with Gasteiger partial charge in [0.25, 0.3) is 0 Å². The highest BCUT2D eigenvalue weighted by molar-refractivity contribution is 7.11. The number of hydrogen-bond donors (Lipinski definition) is 2. The zero-order chi connectivity index (χ0) is 21.9. The Kier molecular flexibility index (Phi) is 9.58. The number of rotatable bonds is 10. The second kappa shape index (κ2) is 12.6. The van der Waals surface area contributed by atoms with Crippen molar-refractivity contribution in [1.82, 2.24) is 20.5 Å². The largest absolute Gasteiger partial charge is 0.492 e. The second-order valence-corrected chi connectivity index (χ2v) is 9.11. The van der Waals surface area contributed by atoms with Gasteiger partial charge in [-0.2, -0.15) is 0 Å². The van der Waals surface area contributed by atoms with Crippen LogP contribution in [0.5, 0.6) is 5.75 Å². The van der Waals surface area contributed by atoms with Gasteiger partial charge in [-0.25, -0.2) is 4.98 Å². The molecule has 0 aliphatic carbocycles. The predicted octanol–water partition coefficient (Wildman–Crippen LogP) is 2.85. The van der Waals surface area contributed by atoms with Crippen LogP contribution in [0.2, 0.25) is 0 Å². The molecule has 2 aromatic rings. The van der Waals surface area contributed by atoms with E-state index in [1.54, 1.807) is 18.4 Å². The van der Waals surface area contributed by atoms with E-state index in [9.17, 15) is 0 Å². The number of hydrogen-bond acceptors (Lipinski definition) is 6. The predicted molar refractivity (Wildman–Crippen MR) is 127 cm³/mol. The molecule has 1 aliphatic heterocycles. The first-order chi connectivity index (χ1) is 15.1. The minimum atomic E-state index is 0.603. The molecule has 0 bridgehead atoms. The molecule has 1 saturated heterocycles. The van der Waals surface area contributed by atoms with Crippen molar-refractivity contribution < 1.29 is 9.47 Å². The number of nitrogens with zero attached hydrogens (tertiary/aromatic N) is 3. The summed E-state index contributed by atoms with van der Waals surface area (Å²) in [5.74, 6) is 1.69. The van der Waals surface area contributed by atoms with E-state index < -0.39 is 0 Å². The molecule has 8 heteroatoms. The third-order valence-corrected chi connectivity index (χ3v) is 6.38. The van der Waals surface area contributed by atoms with Crippen LogP contribution in [0.15, 0.2) is 35.5 Å². The number of likely N-dealkylation sites (N-methyl/N-ethyl adjacent to an activating group) is 1. The summed E-state index contributed by atoms with van der Waals surface area (Å²) in [5.41, 5.74) is 1.16. The molecule has 0 spiro atoms. The van der Waals surface area contributed by atoms with Crippen molar-refractivity contribution in [3.8, 4) is 5.75 Å². The lowest BCUT2D eigenvalue weighted by Gasteiger charge is -2.31. The first-order valence-corrected chi connectivity index (χ1v) is 11.8. The molecule has 31 heavy (non-hydrogen) atoms. The Hall–Kier alpha value is -2.16. The zero-order valence-corrected chi connectivity index (χ0v) is 19.7. The van der Waals surface area contributed by atoms with Crippen molar-refractivity contribution in [3.63, 3.8) is 0 Å². The summed E-state index contributed by atoms with van der Waals surface area (Å²) in [7, 11) is 3.96.